The van der Waals surface area contributed by atoms with Crippen molar-refractivity contribution >= 4 is 11.5 Å². The molecule has 8 heteroatoms. The van der Waals surface area contributed by atoms with Crippen LogP contribution in [-0.4, -0.2) is 19.9 Å². The average molecular weight is 341 g/mol. The van der Waals surface area contributed by atoms with Crippen LogP contribution in [0.1, 0.15) is 11.4 Å². The average Bonchev–Trinajstić information content (AvgIpc) is 2.62. The van der Waals surface area contributed by atoms with Crippen molar-refractivity contribution in [2.75, 3.05) is 5.32 Å². The first-order chi connectivity index (χ1) is 12.0. The lowest BCUT2D eigenvalue weighted by Crippen LogP contribution is -2.05. The molecule has 2 aromatic heterocycles. The van der Waals surface area contributed by atoms with Crippen LogP contribution in [0, 0.1) is 12.3 Å². The van der Waals surface area contributed by atoms with Gasteiger partial charge >= 0.3 is 6.18 Å². The smallest absolute Gasteiger partial charge is 0.338 e. The van der Waals surface area contributed by atoms with Crippen LogP contribution in [0.25, 0.3) is 11.3 Å². The summed E-state index contributed by atoms with van der Waals surface area (Å²) in [6.07, 6.45) is 6.80. The van der Waals surface area contributed by atoms with Gasteiger partial charge in [0.2, 0.25) is 5.82 Å². The largest absolute Gasteiger partial charge is 0.416 e. The molecule has 25 heavy (non-hydrogen) atoms. The molecule has 5 nitrogen and oxygen atoms in total. The Labute approximate surface area is 141 Å². The lowest BCUT2D eigenvalue weighted by atomic mass is 10.2. The molecule has 0 aliphatic rings. The second-order valence-corrected chi connectivity index (χ2v) is 4.89. The first-order valence-electron chi connectivity index (χ1n) is 7.01. The lowest BCUT2D eigenvalue weighted by molar-refractivity contribution is -0.137. The molecular weight excluding hydrogens is 331 g/mol. The zero-order chi connectivity index (χ0) is 17.9. The Morgan fingerprint density at radius 1 is 0.920 bits per heavy atom. The molecule has 0 atom stereocenters. The van der Waals surface area contributed by atoms with Gasteiger partial charge in [-0.05, 0) is 30.2 Å². The van der Waals surface area contributed by atoms with Crippen LogP contribution in [0.2, 0.25) is 0 Å². The molecule has 3 aromatic rings. The zero-order valence-electron chi connectivity index (χ0n) is 12.6. The van der Waals surface area contributed by atoms with Gasteiger partial charge in [-0.25, -0.2) is 15.0 Å². The van der Waals surface area contributed by atoms with Gasteiger partial charge in [-0.3, -0.25) is 4.98 Å². The monoisotopic (exact) mass is 341 g/mol. The second-order valence-electron chi connectivity index (χ2n) is 4.89. The fourth-order valence-electron chi connectivity index (χ4n) is 2.04. The van der Waals surface area contributed by atoms with Gasteiger partial charge in [0.25, 0.3) is 0 Å². The van der Waals surface area contributed by atoms with Gasteiger partial charge in [0.15, 0.2) is 5.82 Å². The highest BCUT2D eigenvalue weighted by Crippen LogP contribution is 2.31. The Morgan fingerprint density at radius 3 is 2.16 bits per heavy atom. The Bertz CT molecular complexity index is 913. The van der Waals surface area contributed by atoms with Crippen LogP contribution < -0.4 is 5.32 Å². The molecule has 0 aliphatic heterocycles. The quantitative estimate of drug-likeness (QED) is 0.736. The molecule has 0 unspecified atom stereocenters. The highest BCUT2D eigenvalue weighted by molar-refractivity contribution is 5.74. The molecule has 0 aliphatic carbocycles. The molecule has 0 radical (unpaired) electrons. The number of anilines is 2. The summed E-state index contributed by atoms with van der Waals surface area (Å²) in [7, 11) is 0. The number of rotatable bonds is 3. The van der Waals surface area contributed by atoms with Crippen molar-refractivity contribution in [1.29, 1.82) is 0 Å². The molecule has 0 amide bonds. The normalized spacial score (nSPS) is 11.0. The van der Waals surface area contributed by atoms with E-state index < -0.39 is 11.7 Å². The Balaban J connectivity index is 1.89. The van der Waals surface area contributed by atoms with Crippen molar-refractivity contribution in [2.45, 2.75) is 6.18 Å². The summed E-state index contributed by atoms with van der Waals surface area (Å²) in [6, 6.07) is 4.62. The topological polar surface area (TPSA) is 63.6 Å². The van der Waals surface area contributed by atoms with Crippen molar-refractivity contribution in [2.24, 2.45) is 0 Å². The van der Waals surface area contributed by atoms with E-state index in [1.807, 2.05) is 0 Å². The molecule has 0 fully saturated rings. The maximum Gasteiger partial charge on any atom is 0.416 e. The number of hydrogen-bond acceptors (Lipinski definition) is 5. The molecule has 124 valence electrons. The number of hydrogen-bond donors (Lipinski definition) is 1. The summed E-state index contributed by atoms with van der Waals surface area (Å²) < 4.78 is 37.9. The molecule has 0 spiro atoms. The van der Waals surface area contributed by atoms with E-state index in [4.69, 9.17) is 6.42 Å². The standard InChI is InChI=1S/C17H10F3N5/c1-2-14-23-9-11(10-24-14)15-16(22-8-7-21-15)25-13-5-3-12(4-6-13)17(18,19)20/h1,3-10H,(H,22,25). The Kier molecular flexibility index (Phi) is 4.31. The van der Waals surface area contributed by atoms with E-state index in [1.54, 1.807) is 0 Å². The van der Waals surface area contributed by atoms with Crippen LogP contribution in [-0.2, 0) is 6.18 Å². The van der Waals surface area contributed by atoms with Gasteiger partial charge in [0.05, 0.1) is 5.56 Å². The summed E-state index contributed by atoms with van der Waals surface area (Å²) in [5.74, 6) is 2.91. The molecule has 0 saturated heterocycles. The van der Waals surface area contributed by atoms with Gasteiger partial charge in [0, 0.05) is 36.0 Å². The van der Waals surface area contributed by atoms with Crippen molar-refractivity contribution in [1.82, 2.24) is 19.9 Å². The van der Waals surface area contributed by atoms with Gasteiger partial charge in [-0.2, -0.15) is 13.2 Å². The van der Waals surface area contributed by atoms with E-state index in [0.717, 1.165) is 12.1 Å². The molecular formula is C17H10F3N5. The van der Waals surface area contributed by atoms with Crippen LogP contribution in [0.15, 0.2) is 49.1 Å². The fourth-order valence-corrected chi connectivity index (χ4v) is 2.04. The number of nitrogens with one attached hydrogen (secondary N) is 1. The molecule has 1 aromatic carbocycles. The maximum atomic E-state index is 12.6. The van der Waals surface area contributed by atoms with E-state index in [0.29, 0.717) is 22.8 Å². The number of halogens is 3. The van der Waals surface area contributed by atoms with Crippen LogP contribution >= 0.6 is 0 Å². The fraction of sp³-hybridized carbons (Fsp3) is 0.0588. The minimum atomic E-state index is -4.38. The van der Waals surface area contributed by atoms with E-state index >= 15 is 0 Å². The third-order valence-corrected chi connectivity index (χ3v) is 3.23. The Hall–Kier alpha value is -3.47. The zero-order valence-corrected chi connectivity index (χ0v) is 12.6. The van der Waals surface area contributed by atoms with Crippen LogP contribution in [0.3, 0.4) is 0 Å². The highest BCUT2D eigenvalue weighted by atomic mass is 19.4. The first-order valence-corrected chi connectivity index (χ1v) is 7.01. The summed E-state index contributed by atoms with van der Waals surface area (Å²) >= 11 is 0. The van der Waals surface area contributed by atoms with E-state index in [-0.39, 0.29) is 5.82 Å². The minimum absolute atomic E-state index is 0.241. The van der Waals surface area contributed by atoms with Crippen LogP contribution in [0.4, 0.5) is 24.7 Å². The molecule has 1 N–H and O–H groups in total. The van der Waals surface area contributed by atoms with Gasteiger partial charge in [0.1, 0.15) is 5.69 Å². The number of terminal acetylenes is 1. The van der Waals surface area contributed by atoms with Crippen molar-refractivity contribution < 1.29 is 13.2 Å². The highest BCUT2D eigenvalue weighted by Gasteiger charge is 2.29. The molecule has 0 bridgehead atoms. The first kappa shape index (κ1) is 16.4. The van der Waals surface area contributed by atoms with Crippen LogP contribution in [0.5, 0.6) is 0 Å². The van der Waals surface area contributed by atoms with Gasteiger partial charge in [-0.1, -0.05) is 0 Å². The van der Waals surface area contributed by atoms with Crippen molar-refractivity contribution in [3.8, 4) is 23.6 Å². The molecule has 2 heterocycles. The van der Waals surface area contributed by atoms with E-state index in [9.17, 15) is 13.2 Å². The summed E-state index contributed by atoms with van der Waals surface area (Å²) in [5, 5.41) is 2.94. The Morgan fingerprint density at radius 2 is 1.56 bits per heavy atom. The van der Waals surface area contributed by atoms with E-state index in [2.05, 4.69) is 31.2 Å². The summed E-state index contributed by atoms with van der Waals surface area (Å²) in [5.41, 5.74) is 0.735. The molecule has 3 rings (SSSR count). The third kappa shape index (κ3) is 3.72. The SMILES string of the molecule is C#Cc1ncc(-c2nccnc2Nc2ccc(C(F)(F)F)cc2)cn1. The van der Waals surface area contributed by atoms with Crippen molar-refractivity contribution in [3.63, 3.8) is 0 Å². The maximum absolute atomic E-state index is 12.6. The predicted octanol–water partition coefficient (Wildman–Crippen LogP) is 3.68. The number of benzene rings is 1. The second kappa shape index (κ2) is 6.57. The number of alkyl halides is 3. The third-order valence-electron chi connectivity index (χ3n) is 3.23. The summed E-state index contributed by atoms with van der Waals surface area (Å²) in [6.45, 7) is 0. The van der Waals surface area contributed by atoms with Gasteiger partial charge < -0.3 is 5.32 Å². The number of nitrogens with zero attached hydrogens (tertiary/aromatic N) is 4. The van der Waals surface area contributed by atoms with E-state index in [1.165, 1.54) is 36.9 Å². The molecule has 0 saturated carbocycles. The lowest BCUT2D eigenvalue weighted by Gasteiger charge is -2.11. The summed E-state index contributed by atoms with van der Waals surface area (Å²) in [4.78, 5) is 16.4. The minimum Gasteiger partial charge on any atom is -0.338 e. The van der Waals surface area contributed by atoms with Gasteiger partial charge in [-0.15, -0.1) is 6.42 Å². The predicted molar refractivity (Wildman–Crippen MR) is 85.7 cm³/mol. The van der Waals surface area contributed by atoms with Crippen molar-refractivity contribution in [3.05, 3.63) is 60.4 Å². The number of aromatic nitrogens is 4.